The van der Waals surface area contributed by atoms with E-state index in [0.29, 0.717) is 5.39 Å². The van der Waals surface area contributed by atoms with Gasteiger partial charge in [-0.3, -0.25) is 4.79 Å². The SMILES string of the molecule is COC(=O)c1ccccc1NC(=O)COC(=O)c1cc2cc(F)ccc2s1. The molecule has 1 heterocycles. The summed E-state index contributed by atoms with van der Waals surface area (Å²) >= 11 is 1.14. The fourth-order valence-corrected chi connectivity index (χ4v) is 3.32. The molecule has 0 spiro atoms. The number of halogens is 1. The van der Waals surface area contributed by atoms with Crippen LogP contribution >= 0.6 is 11.3 Å². The van der Waals surface area contributed by atoms with Crippen LogP contribution in [-0.4, -0.2) is 31.6 Å². The molecule has 0 aliphatic carbocycles. The molecule has 2 aromatic carbocycles. The Hall–Kier alpha value is -3.26. The predicted molar refractivity (Wildman–Crippen MR) is 98.5 cm³/mol. The quantitative estimate of drug-likeness (QED) is 0.676. The summed E-state index contributed by atoms with van der Waals surface area (Å²) < 4.78 is 23.6. The third-order valence-corrected chi connectivity index (χ3v) is 4.72. The van der Waals surface area contributed by atoms with E-state index in [1.807, 2.05) is 0 Å². The standard InChI is InChI=1S/C19H14FNO5S/c1-25-18(23)13-4-2-3-5-14(13)21-17(22)10-26-19(24)16-9-11-8-12(20)6-7-15(11)27-16/h2-9H,10H2,1H3,(H,21,22). The summed E-state index contributed by atoms with van der Waals surface area (Å²) in [5.74, 6) is -2.29. The van der Waals surface area contributed by atoms with Gasteiger partial charge in [-0.2, -0.15) is 0 Å². The Labute approximate surface area is 157 Å². The molecule has 0 radical (unpaired) electrons. The Bertz CT molecular complexity index is 1030. The van der Waals surface area contributed by atoms with Crippen molar-refractivity contribution in [1.29, 1.82) is 0 Å². The number of hydrogen-bond donors (Lipinski definition) is 1. The largest absolute Gasteiger partial charge is 0.465 e. The molecule has 6 nitrogen and oxygen atoms in total. The lowest BCUT2D eigenvalue weighted by atomic mass is 10.2. The molecule has 1 amide bonds. The Kier molecular flexibility index (Phi) is 5.46. The maximum Gasteiger partial charge on any atom is 0.348 e. The van der Waals surface area contributed by atoms with Gasteiger partial charge in [-0.25, -0.2) is 14.0 Å². The van der Waals surface area contributed by atoms with Crippen molar-refractivity contribution in [3.63, 3.8) is 0 Å². The van der Waals surface area contributed by atoms with Crippen LogP contribution in [0.5, 0.6) is 0 Å². The first-order valence-corrected chi connectivity index (χ1v) is 8.63. The highest BCUT2D eigenvalue weighted by molar-refractivity contribution is 7.20. The number of anilines is 1. The molecule has 0 bridgehead atoms. The van der Waals surface area contributed by atoms with Gasteiger partial charge in [-0.05, 0) is 41.8 Å². The number of methoxy groups -OCH3 is 1. The third kappa shape index (κ3) is 4.29. The molecule has 1 N–H and O–H groups in total. The van der Waals surface area contributed by atoms with Crippen molar-refractivity contribution in [2.45, 2.75) is 0 Å². The first-order valence-electron chi connectivity index (χ1n) is 7.81. The highest BCUT2D eigenvalue weighted by Crippen LogP contribution is 2.26. The molecule has 0 aliphatic heterocycles. The van der Waals surface area contributed by atoms with Gasteiger partial charge in [-0.1, -0.05) is 12.1 Å². The molecule has 138 valence electrons. The number of benzene rings is 2. The zero-order valence-corrected chi connectivity index (χ0v) is 15.0. The molecular weight excluding hydrogens is 373 g/mol. The Morgan fingerprint density at radius 3 is 2.63 bits per heavy atom. The monoisotopic (exact) mass is 387 g/mol. The minimum absolute atomic E-state index is 0.186. The smallest absolute Gasteiger partial charge is 0.348 e. The highest BCUT2D eigenvalue weighted by atomic mass is 32.1. The lowest BCUT2D eigenvalue weighted by Gasteiger charge is -2.09. The van der Waals surface area contributed by atoms with Crippen molar-refractivity contribution in [2.75, 3.05) is 19.0 Å². The number of nitrogens with one attached hydrogen (secondary N) is 1. The Balaban J connectivity index is 1.63. The number of ether oxygens (including phenoxy) is 2. The molecule has 3 rings (SSSR count). The van der Waals surface area contributed by atoms with E-state index >= 15 is 0 Å². The zero-order valence-electron chi connectivity index (χ0n) is 14.2. The predicted octanol–water partition coefficient (Wildman–Crippen LogP) is 3.62. The van der Waals surface area contributed by atoms with Crippen LogP contribution < -0.4 is 5.32 Å². The second kappa shape index (κ2) is 7.96. The van der Waals surface area contributed by atoms with E-state index < -0.39 is 30.3 Å². The van der Waals surface area contributed by atoms with Gasteiger partial charge in [0.2, 0.25) is 0 Å². The summed E-state index contributed by atoms with van der Waals surface area (Å²) in [6, 6.07) is 12.0. The van der Waals surface area contributed by atoms with Crippen molar-refractivity contribution >= 4 is 45.0 Å². The first kappa shape index (κ1) is 18.5. The average Bonchev–Trinajstić information content (AvgIpc) is 3.09. The lowest BCUT2D eigenvalue weighted by Crippen LogP contribution is -2.22. The number of hydrogen-bond acceptors (Lipinski definition) is 6. The maximum absolute atomic E-state index is 13.2. The van der Waals surface area contributed by atoms with Crippen molar-refractivity contribution in [3.05, 3.63) is 64.8 Å². The topological polar surface area (TPSA) is 81.7 Å². The second-order valence-corrected chi connectivity index (χ2v) is 6.54. The Morgan fingerprint density at radius 2 is 1.85 bits per heavy atom. The van der Waals surface area contributed by atoms with E-state index in [9.17, 15) is 18.8 Å². The minimum atomic E-state index is -0.687. The first-order chi connectivity index (χ1) is 13.0. The maximum atomic E-state index is 13.2. The normalized spacial score (nSPS) is 10.4. The van der Waals surface area contributed by atoms with Gasteiger partial charge in [0.05, 0.1) is 18.4 Å². The van der Waals surface area contributed by atoms with Gasteiger partial charge in [0.1, 0.15) is 10.7 Å². The summed E-state index contributed by atoms with van der Waals surface area (Å²) in [6.07, 6.45) is 0. The average molecular weight is 387 g/mol. The summed E-state index contributed by atoms with van der Waals surface area (Å²) in [5, 5.41) is 3.09. The molecule has 0 saturated carbocycles. The van der Waals surface area contributed by atoms with Crippen LogP contribution in [0.2, 0.25) is 0 Å². The number of amides is 1. The summed E-state index contributed by atoms with van der Waals surface area (Å²) in [4.78, 5) is 36.1. The zero-order chi connectivity index (χ0) is 19.4. The van der Waals surface area contributed by atoms with Gasteiger partial charge < -0.3 is 14.8 Å². The van der Waals surface area contributed by atoms with E-state index in [4.69, 9.17) is 4.74 Å². The van der Waals surface area contributed by atoms with E-state index in [1.54, 1.807) is 18.2 Å². The van der Waals surface area contributed by atoms with E-state index in [0.717, 1.165) is 16.0 Å². The van der Waals surface area contributed by atoms with Crippen LogP contribution in [0.4, 0.5) is 10.1 Å². The minimum Gasteiger partial charge on any atom is -0.465 e. The summed E-state index contributed by atoms with van der Waals surface area (Å²) in [6.45, 7) is -0.531. The van der Waals surface area contributed by atoms with Crippen LogP contribution in [0.1, 0.15) is 20.0 Å². The van der Waals surface area contributed by atoms with E-state index in [-0.39, 0.29) is 16.1 Å². The molecule has 0 unspecified atom stereocenters. The molecule has 3 aromatic rings. The van der Waals surface area contributed by atoms with Crippen LogP contribution in [0.3, 0.4) is 0 Å². The lowest BCUT2D eigenvalue weighted by molar-refractivity contribution is -0.119. The third-order valence-electron chi connectivity index (χ3n) is 3.62. The highest BCUT2D eigenvalue weighted by Gasteiger charge is 2.16. The van der Waals surface area contributed by atoms with E-state index in [2.05, 4.69) is 10.1 Å². The number of carbonyl (C=O) groups is 3. The summed E-state index contributed by atoms with van der Waals surface area (Å²) in [5.41, 5.74) is 0.439. The fraction of sp³-hybridized carbons (Fsp3) is 0.105. The molecule has 0 saturated heterocycles. The number of thiophene rings is 1. The molecule has 27 heavy (non-hydrogen) atoms. The van der Waals surface area contributed by atoms with E-state index in [1.165, 1.54) is 37.4 Å². The van der Waals surface area contributed by atoms with Crippen molar-refractivity contribution in [2.24, 2.45) is 0 Å². The van der Waals surface area contributed by atoms with Gasteiger partial charge >= 0.3 is 11.9 Å². The van der Waals surface area contributed by atoms with Gasteiger partial charge in [-0.15, -0.1) is 11.3 Å². The molecule has 0 atom stereocenters. The number of rotatable bonds is 5. The Morgan fingerprint density at radius 1 is 1.07 bits per heavy atom. The fourth-order valence-electron chi connectivity index (χ4n) is 2.38. The molecular formula is C19H14FNO5S. The number of fused-ring (bicyclic) bond motifs is 1. The molecule has 0 aliphatic rings. The molecule has 0 fully saturated rings. The van der Waals surface area contributed by atoms with Crippen molar-refractivity contribution in [1.82, 2.24) is 0 Å². The van der Waals surface area contributed by atoms with Crippen molar-refractivity contribution in [3.8, 4) is 0 Å². The summed E-state index contributed by atoms with van der Waals surface area (Å²) in [7, 11) is 1.24. The van der Waals surface area contributed by atoms with Crippen LogP contribution in [0.15, 0.2) is 48.5 Å². The van der Waals surface area contributed by atoms with Crippen LogP contribution in [0, 0.1) is 5.82 Å². The van der Waals surface area contributed by atoms with Crippen molar-refractivity contribution < 1.29 is 28.2 Å². The second-order valence-electron chi connectivity index (χ2n) is 5.45. The van der Waals surface area contributed by atoms with Gasteiger partial charge in [0.15, 0.2) is 6.61 Å². The van der Waals surface area contributed by atoms with Gasteiger partial charge in [0.25, 0.3) is 5.91 Å². The van der Waals surface area contributed by atoms with Crippen LogP contribution in [-0.2, 0) is 14.3 Å². The number of carbonyl (C=O) groups excluding carboxylic acids is 3. The molecule has 1 aromatic heterocycles. The van der Waals surface area contributed by atoms with Crippen LogP contribution in [0.25, 0.3) is 10.1 Å². The number of para-hydroxylation sites is 1. The van der Waals surface area contributed by atoms with Gasteiger partial charge in [0, 0.05) is 4.70 Å². The number of esters is 2. The molecule has 8 heteroatoms.